The van der Waals surface area contributed by atoms with Crippen LogP contribution in [0.1, 0.15) is 33.1 Å². The van der Waals surface area contributed by atoms with Gasteiger partial charge in [0.15, 0.2) is 0 Å². The zero-order chi connectivity index (χ0) is 27.5. The number of ether oxygens (including phenoxy) is 2. The summed E-state index contributed by atoms with van der Waals surface area (Å²) in [6, 6.07) is 13.7. The average molecular weight is 523 g/mol. The Bertz CT molecular complexity index is 984. The first kappa shape index (κ1) is 30.4. The molecule has 14 heteroatoms. The summed E-state index contributed by atoms with van der Waals surface area (Å²) in [6.45, 7) is 3.49. The molecule has 0 aromatic heterocycles. The SMILES string of the molecule is CC(=O)Nc1ccc(OCCCCCO[N+](=O)[O-])cc1.CC(=O)Nc1ccc(OCCO[N+](=O)[O-])cc1. The zero-order valence-corrected chi connectivity index (χ0v) is 20.5. The van der Waals surface area contributed by atoms with Crippen molar-refractivity contribution in [1.82, 2.24) is 0 Å². The van der Waals surface area contributed by atoms with E-state index < -0.39 is 10.2 Å². The number of benzene rings is 2. The topological polar surface area (TPSA) is 181 Å². The van der Waals surface area contributed by atoms with Gasteiger partial charge in [-0.05, 0) is 67.8 Å². The molecular formula is C23H30N4O10. The van der Waals surface area contributed by atoms with E-state index in [-0.39, 0.29) is 31.6 Å². The zero-order valence-electron chi connectivity index (χ0n) is 20.5. The van der Waals surface area contributed by atoms with Gasteiger partial charge in [-0.15, -0.1) is 20.2 Å². The first-order chi connectivity index (χ1) is 17.7. The van der Waals surface area contributed by atoms with E-state index in [9.17, 15) is 29.8 Å². The number of carbonyl (C=O) groups is 2. The van der Waals surface area contributed by atoms with Crippen molar-refractivity contribution in [3.63, 3.8) is 0 Å². The van der Waals surface area contributed by atoms with Crippen molar-refractivity contribution in [2.24, 2.45) is 0 Å². The smallest absolute Gasteiger partial charge is 0.294 e. The van der Waals surface area contributed by atoms with E-state index in [4.69, 9.17) is 9.47 Å². The summed E-state index contributed by atoms with van der Waals surface area (Å²) in [6.07, 6.45) is 2.23. The first-order valence-corrected chi connectivity index (χ1v) is 11.2. The van der Waals surface area contributed by atoms with Crippen molar-refractivity contribution in [2.45, 2.75) is 33.1 Å². The van der Waals surface area contributed by atoms with Crippen LogP contribution >= 0.6 is 0 Å². The van der Waals surface area contributed by atoms with Crippen molar-refractivity contribution in [3.05, 3.63) is 68.8 Å². The molecule has 2 aromatic carbocycles. The molecule has 0 spiro atoms. The minimum Gasteiger partial charge on any atom is -0.494 e. The van der Waals surface area contributed by atoms with E-state index in [1.165, 1.54) is 13.8 Å². The Morgan fingerprint density at radius 1 is 0.649 bits per heavy atom. The number of unbranched alkanes of at least 4 members (excludes halogenated alkanes) is 2. The van der Waals surface area contributed by atoms with Crippen LogP contribution in [0, 0.1) is 20.2 Å². The van der Waals surface area contributed by atoms with Crippen molar-refractivity contribution in [3.8, 4) is 11.5 Å². The summed E-state index contributed by atoms with van der Waals surface area (Å²) in [4.78, 5) is 49.6. The fourth-order valence-corrected chi connectivity index (χ4v) is 2.66. The molecule has 37 heavy (non-hydrogen) atoms. The monoisotopic (exact) mass is 522 g/mol. The second kappa shape index (κ2) is 17.8. The Kier molecular flexibility index (Phi) is 14.6. The van der Waals surface area contributed by atoms with Gasteiger partial charge < -0.3 is 29.8 Å². The predicted octanol–water partition coefficient (Wildman–Crippen LogP) is 3.63. The summed E-state index contributed by atoms with van der Waals surface area (Å²) in [5.41, 5.74) is 1.38. The van der Waals surface area contributed by atoms with E-state index in [1.54, 1.807) is 48.5 Å². The molecule has 0 unspecified atom stereocenters. The standard InChI is InChI=1S/C13H18N2O5.C10H12N2O5/c1-11(16)14-12-5-7-13(8-6-12)19-9-3-2-4-10-20-15(17)18;1-8(13)11-9-2-4-10(5-3-9)16-6-7-17-12(14)15/h5-8H,2-4,9-10H2,1H3,(H,14,16);2-5H,6-7H2,1H3,(H,11,13). The van der Waals surface area contributed by atoms with Crippen molar-refractivity contribution < 1.29 is 38.9 Å². The Morgan fingerprint density at radius 3 is 1.49 bits per heavy atom. The molecule has 0 saturated heterocycles. The van der Waals surface area contributed by atoms with Crippen LogP contribution in [0.25, 0.3) is 0 Å². The van der Waals surface area contributed by atoms with Gasteiger partial charge in [-0.25, -0.2) is 0 Å². The van der Waals surface area contributed by atoms with Crippen LogP contribution in [0.5, 0.6) is 11.5 Å². The average Bonchev–Trinajstić information content (AvgIpc) is 2.83. The number of anilines is 2. The number of rotatable bonds is 15. The molecule has 2 rings (SSSR count). The van der Waals surface area contributed by atoms with Gasteiger partial charge in [-0.2, -0.15) is 0 Å². The summed E-state index contributed by atoms with van der Waals surface area (Å²) in [5.74, 6) is 1.00. The molecule has 0 fully saturated rings. The third-order valence-electron chi connectivity index (χ3n) is 4.15. The molecule has 0 radical (unpaired) electrons. The van der Waals surface area contributed by atoms with Gasteiger partial charge in [-0.3, -0.25) is 9.59 Å². The van der Waals surface area contributed by atoms with Gasteiger partial charge in [0.1, 0.15) is 24.7 Å². The maximum absolute atomic E-state index is 10.8. The highest BCUT2D eigenvalue weighted by Crippen LogP contribution is 2.16. The molecule has 14 nitrogen and oxygen atoms in total. The van der Waals surface area contributed by atoms with Crippen LogP contribution < -0.4 is 20.1 Å². The molecule has 0 heterocycles. The second-order valence-corrected chi connectivity index (χ2v) is 7.28. The molecule has 0 saturated carbocycles. The molecule has 202 valence electrons. The van der Waals surface area contributed by atoms with E-state index >= 15 is 0 Å². The first-order valence-electron chi connectivity index (χ1n) is 11.2. The molecule has 0 aliphatic carbocycles. The van der Waals surface area contributed by atoms with Gasteiger partial charge in [-0.1, -0.05) is 0 Å². The highest BCUT2D eigenvalue weighted by atomic mass is 17.0. The van der Waals surface area contributed by atoms with Gasteiger partial charge in [0.05, 0.1) is 13.2 Å². The summed E-state index contributed by atoms with van der Waals surface area (Å²) in [7, 11) is 0. The van der Waals surface area contributed by atoms with E-state index in [0.29, 0.717) is 24.5 Å². The Morgan fingerprint density at radius 2 is 1.05 bits per heavy atom. The maximum atomic E-state index is 10.8. The third-order valence-corrected chi connectivity index (χ3v) is 4.15. The second-order valence-electron chi connectivity index (χ2n) is 7.28. The van der Waals surface area contributed by atoms with Crippen LogP contribution in [-0.2, 0) is 19.3 Å². The largest absolute Gasteiger partial charge is 0.494 e. The van der Waals surface area contributed by atoms with Crippen LogP contribution in [0.3, 0.4) is 0 Å². The lowest BCUT2D eigenvalue weighted by Gasteiger charge is -2.07. The van der Waals surface area contributed by atoms with Crippen molar-refractivity contribution >= 4 is 23.2 Å². The minimum absolute atomic E-state index is 0.0838. The van der Waals surface area contributed by atoms with Crippen LogP contribution in [0.15, 0.2) is 48.5 Å². The van der Waals surface area contributed by atoms with Crippen LogP contribution in [-0.4, -0.2) is 48.4 Å². The Balaban J connectivity index is 0.000000375. The number of hydrogen-bond donors (Lipinski definition) is 2. The van der Waals surface area contributed by atoms with Gasteiger partial charge in [0.2, 0.25) is 11.8 Å². The molecule has 0 aliphatic heterocycles. The molecular weight excluding hydrogens is 492 g/mol. The van der Waals surface area contributed by atoms with E-state index in [0.717, 1.165) is 24.3 Å². The summed E-state index contributed by atoms with van der Waals surface area (Å²) in [5, 5.41) is 23.4. The maximum Gasteiger partial charge on any atom is 0.294 e. The number of carbonyl (C=O) groups excluding carboxylic acids is 2. The number of amides is 2. The Hall–Kier alpha value is -4.62. The van der Waals surface area contributed by atoms with Crippen molar-refractivity contribution in [1.29, 1.82) is 0 Å². The quantitative estimate of drug-likeness (QED) is 0.199. The molecule has 2 amide bonds. The lowest BCUT2D eigenvalue weighted by molar-refractivity contribution is -0.757. The molecule has 2 N–H and O–H groups in total. The number of nitrogens with one attached hydrogen (secondary N) is 2. The van der Waals surface area contributed by atoms with Crippen LogP contribution in [0.4, 0.5) is 11.4 Å². The third kappa shape index (κ3) is 16.6. The molecule has 0 atom stereocenters. The summed E-state index contributed by atoms with van der Waals surface area (Å²) < 4.78 is 10.7. The molecule has 0 bridgehead atoms. The summed E-state index contributed by atoms with van der Waals surface area (Å²) >= 11 is 0. The Labute approximate surface area is 213 Å². The lowest BCUT2D eigenvalue weighted by Crippen LogP contribution is -2.10. The fraction of sp³-hybridized carbons (Fsp3) is 0.391. The van der Waals surface area contributed by atoms with Gasteiger partial charge in [0, 0.05) is 25.2 Å². The van der Waals surface area contributed by atoms with Gasteiger partial charge >= 0.3 is 0 Å². The van der Waals surface area contributed by atoms with Gasteiger partial charge in [0.25, 0.3) is 10.2 Å². The van der Waals surface area contributed by atoms with E-state index in [2.05, 4.69) is 20.3 Å². The normalized spacial score (nSPS) is 9.68. The predicted molar refractivity (Wildman–Crippen MR) is 132 cm³/mol. The highest BCUT2D eigenvalue weighted by molar-refractivity contribution is 5.89. The van der Waals surface area contributed by atoms with Crippen molar-refractivity contribution in [2.75, 3.05) is 37.1 Å². The number of hydrogen-bond acceptors (Lipinski definition) is 10. The number of nitrogens with zero attached hydrogens (tertiary/aromatic N) is 2. The minimum atomic E-state index is -0.872. The highest BCUT2D eigenvalue weighted by Gasteiger charge is 2.00. The van der Waals surface area contributed by atoms with Crippen LogP contribution in [0.2, 0.25) is 0 Å². The molecule has 2 aromatic rings. The fourth-order valence-electron chi connectivity index (χ4n) is 2.66. The molecule has 0 aliphatic rings. The lowest BCUT2D eigenvalue weighted by atomic mass is 10.2. The van der Waals surface area contributed by atoms with E-state index in [1.807, 2.05) is 0 Å².